The lowest BCUT2D eigenvalue weighted by molar-refractivity contribution is -0.184. The normalized spacial score (nSPS) is 21.9. The van der Waals surface area contributed by atoms with Crippen LogP contribution in [0.1, 0.15) is 5.56 Å². The number of hydrogen-bond acceptors (Lipinski definition) is 4. The van der Waals surface area contributed by atoms with Crippen molar-refractivity contribution in [2.45, 2.75) is 5.60 Å². The van der Waals surface area contributed by atoms with Gasteiger partial charge in [-0.3, -0.25) is 0 Å². The van der Waals surface area contributed by atoms with E-state index in [0.29, 0.717) is 32.2 Å². The summed E-state index contributed by atoms with van der Waals surface area (Å²) in [4.78, 5) is 0. The van der Waals surface area contributed by atoms with Gasteiger partial charge in [-0.2, -0.15) is 0 Å². The fourth-order valence-corrected chi connectivity index (χ4v) is 1.79. The maximum absolute atomic E-state index is 10.1. The van der Waals surface area contributed by atoms with Gasteiger partial charge >= 0.3 is 0 Å². The molecular weight excluding hydrogens is 196 g/mol. The first-order chi connectivity index (χ1) is 7.28. The first kappa shape index (κ1) is 9.00. The molecule has 0 aromatic heterocycles. The van der Waals surface area contributed by atoms with Crippen LogP contribution in [-0.4, -0.2) is 31.5 Å². The molecule has 0 aliphatic carbocycles. The van der Waals surface area contributed by atoms with Crippen LogP contribution in [-0.2, 0) is 10.3 Å². The molecule has 0 amide bonds. The number of fused-ring (bicyclic) bond motifs is 1. The molecule has 0 spiro atoms. The maximum atomic E-state index is 10.1. The molecule has 15 heavy (non-hydrogen) atoms. The van der Waals surface area contributed by atoms with Gasteiger partial charge in [0.1, 0.15) is 18.8 Å². The molecule has 1 N–H and O–H groups in total. The second-order valence-corrected chi connectivity index (χ2v) is 3.88. The molecule has 4 heteroatoms. The van der Waals surface area contributed by atoms with Gasteiger partial charge in [0.25, 0.3) is 0 Å². The molecule has 3 rings (SSSR count). The molecule has 2 aliphatic rings. The minimum absolute atomic E-state index is 0.354. The Hall–Kier alpha value is -1.26. The Morgan fingerprint density at radius 2 is 1.80 bits per heavy atom. The summed E-state index contributed by atoms with van der Waals surface area (Å²) in [6.45, 7) is 1.85. The summed E-state index contributed by atoms with van der Waals surface area (Å²) in [5.74, 6) is 1.45. The van der Waals surface area contributed by atoms with Gasteiger partial charge in [0, 0.05) is 0 Å². The van der Waals surface area contributed by atoms with Gasteiger partial charge in [-0.1, -0.05) is 6.07 Å². The average Bonchev–Trinajstić information content (AvgIpc) is 2.25. The van der Waals surface area contributed by atoms with Crippen molar-refractivity contribution in [1.82, 2.24) is 0 Å². The van der Waals surface area contributed by atoms with Crippen LogP contribution in [0.5, 0.6) is 11.5 Å². The third-order valence-corrected chi connectivity index (χ3v) is 2.76. The fourth-order valence-electron chi connectivity index (χ4n) is 1.79. The minimum Gasteiger partial charge on any atom is -0.486 e. The van der Waals surface area contributed by atoms with Crippen molar-refractivity contribution in [2.75, 3.05) is 26.4 Å². The molecule has 80 valence electrons. The average molecular weight is 208 g/mol. The van der Waals surface area contributed by atoms with E-state index in [2.05, 4.69) is 0 Å². The van der Waals surface area contributed by atoms with Gasteiger partial charge in [-0.05, 0) is 17.7 Å². The van der Waals surface area contributed by atoms with Gasteiger partial charge in [0.15, 0.2) is 11.5 Å². The van der Waals surface area contributed by atoms with Crippen LogP contribution in [0.3, 0.4) is 0 Å². The number of hydrogen-bond donors (Lipinski definition) is 1. The SMILES string of the molecule is OC1(c2ccc3c(c2)OCCO3)COC1. The standard InChI is InChI=1S/C11H12O4/c12-11(6-13-7-11)8-1-2-9-10(5-8)15-4-3-14-9/h1-2,5,12H,3-4,6-7H2. The molecule has 2 heterocycles. The van der Waals surface area contributed by atoms with Gasteiger partial charge < -0.3 is 19.3 Å². The molecule has 0 atom stereocenters. The van der Waals surface area contributed by atoms with E-state index in [1.807, 2.05) is 18.2 Å². The summed E-state index contributed by atoms with van der Waals surface area (Å²) in [6, 6.07) is 5.52. The van der Waals surface area contributed by atoms with E-state index in [4.69, 9.17) is 14.2 Å². The van der Waals surface area contributed by atoms with E-state index < -0.39 is 5.60 Å². The van der Waals surface area contributed by atoms with Crippen molar-refractivity contribution in [1.29, 1.82) is 0 Å². The number of rotatable bonds is 1. The lowest BCUT2D eigenvalue weighted by atomic mass is 9.92. The molecule has 1 fully saturated rings. The van der Waals surface area contributed by atoms with E-state index >= 15 is 0 Å². The molecule has 1 saturated heterocycles. The Morgan fingerprint density at radius 3 is 2.47 bits per heavy atom. The zero-order valence-electron chi connectivity index (χ0n) is 8.23. The monoisotopic (exact) mass is 208 g/mol. The van der Waals surface area contributed by atoms with Crippen molar-refractivity contribution in [3.8, 4) is 11.5 Å². The topological polar surface area (TPSA) is 47.9 Å². The van der Waals surface area contributed by atoms with E-state index in [1.54, 1.807) is 0 Å². The highest BCUT2D eigenvalue weighted by molar-refractivity contribution is 5.45. The Balaban J connectivity index is 1.97. The summed E-state index contributed by atoms with van der Waals surface area (Å²) >= 11 is 0. The Labute approximate surface area is 87.4 Å². The largest absolute Gasteiger partial charge is 0.486 e. The molecule has 0 radical (unpaired) electrons. The van der Waals surface area contributed by atoms with Crippen LogP contribution in [0.25, 0.3) is 0 Å². The molecular formula is C11H12O4. The van der Waals surface area contributed by atoms with E-state index in [-0.39, 0.29) is 0 Å². The van der Waals surface area contributed by atoms with Crippen molar-refractivity contribution in [3.05, 3.63) is 23.8 Å². The quantitative estimate of drug-likeness (QED) is 0.737. The molecule has 0 unspecified atom stereocenters. The van der Waals surface area contributed by atoms with E-state index in [1.165, 1.54) is 0 Å². The summed E-state index contributed by atoms with van der Waals surface area (Å²) in [5, 5.41) is 10.1. The van der Waals surface area contributed by atoms with Crippen molar-refractivity contribution in [3.63, 3.8) is 0 Å². The Morgan fingerprint density at radius 1 is 1.07 bits per heavy atom. The van der Waals surface area contributed by atoms with Crippen LogP contribution in [0, 0.1) is 0 Å². The molecule has 4 nitrogen and oxygen atoms in total. The summed E-state index contributed by atoms with van der Waals surface area (Å²) in [7, 11) is 0. The maximum Gasteiger partial charge on any atom is 0.161 e. The fraction of sp³-hybridized carbons (Fsp3) is 0.455. The van der Waals surface area contributed by atoms with Crippen LogP contribution in [0.2, 0.25) is 0 Å². The van der Waals surface area contributed by atoms with E-state index in [9.17, 15) is 5.11 Å². The second-order valence-electron chi connectivity index (χ2n) is 3.88. The molecule has 0 bridgehead atoms. The summed E-state index contributed by atoms with van der Waals surface area (Å²) in [5.41, 5.74) is -0.00598. The Kier molecular flexibility index (Phi) is 1.87. The molecule has 1 aromatic rings. The van der Waals surface area contributed by atoms with Crippen LogP contribution in [0.15, 0.2) is 18.2 Å². The van der Waals surface area contributed by atoms with Crippen molar-refractivity contribution in [2.24, 2.45) is 0 Å². The lowest BCUT2D eigenvalue weighted by Gasteiger charge is -2.37. The third-order valence-electron chi connectivity index (χ3n) is 2.76. The predicted molar refractivity (Wildman–Crippen MR) is 52.1 cm³/mol. The van der Waals surface area contributed by atoms with Gasteiger partial charge in [0.2, 0.25) is 0 Å². The first-order valence-corrected chi connectivity index (χ1v) is 4.98. The highest BCUT2D eigenvalue weighted by atomic mass is 16.6. The van der Waals surface area contributed by atoms with Gasteiger partial charge in [-0.15, -0.1) is 0 Å². The highest BCUT2D eigenvalue weighted by Crippen LogP contribution is 2.37. The third kappa shape index (κ3) is 1.37. The zero-order chi connectivity index (χ0) is 10.3. The first-order valence-electron chi connectivity index (χ1n) is 4.98. The van der Waals surface area contributed by atoms with Gasteiger partial charge in [0.05, 0.1) is 13.2 Å². The summed E-state index contributed by atoms with van der Waals surface area (Å²) < 4.78 is 15.9. The Bertz CT molecular complexity index is 384. The zero-order valence-corrected chi connectivity index (χ0v) is 8.23. The minimum atomic E-state index is -0.837. The number of ether oxygens (including phenoxy) is 3. The van der Waals surface area contributed by atoms with Crippen LogP contribution >= 0.6 is 0 Å². The molecule has 2 aliphatic heterocycles. The number of aliphatic hydroxyl groups is 1. The smallest absolute Gasteiger partial charge is 0.161 e. The predicted octanol–water partition coefficient (Wildman–Crippen LogP) is 0.676. The molecule has 0 saturated carbocycles. The van der Waals surface area contributed by atoms with Crippen LogP contribution < -0.4 is 9.47 Å². The number of benzene rings is 1. The second kappa shape index (κ2) is 3.12. The van der Waals surface area contributed by atoms with Gasteiger partial charge in [-0.25, -0.2) is 0 Å². The van der Waals surface area contributed by atoms with Crippen LogP contribution in [0.4, 0.5) is 0 Å². The van der Waals surface area contributed by atoms with Crippen molar-refractivity contribution < 1.29 is 19.3 Å². The molecule has 1 aromatic carbocycles. The van der Waals surface area contributed by atoms with E-state index in [0.717, 1.165) is 11.3 Å². The highest BCUT2D eigenvalue weighted by Gasteiger charge is 2.38. The lowest BCUT2D eigenvalue weighted by Crippen LogP contribution is -2.46. The van der Waals surface area contributed by atoms with Crippen molar-refractivity contribution >= 4 is 0 Å². The summed E-state index contributed by atoms with van der Waals surface area (Å²) in [6.07, 6.45) is 0.